The van der Waals surface area contributed by atoms with Crippen molar-refractivity contribution in [3.63, 3.8) is 0 Å². The first-order chi connectivity index (χ1) is 15.1. The van der Waals surface area contributed by atoms with Crippen LogP contribution < -0.4 is 20.7 Å². The topological polar surface area (TPSA) is 87.9 Å². The molecule has 0 aliphatic heterocycles. The molecule has 0 aliphatic rings. The molecular formula is C24H29IN4O3. The summed E-state index contributed by atoms with van der Waals surface area (Å²) in [5, 5.41) is 9.43. The summed E-state index contributed by atoms with van der Waals surface area (Å²) >= 11 is 0. The van der Waals surface area contributed by atoms with Crippen molar-refractivity contribution in [2.24, 2.45) is 4.99 Å². The number of carbonyl (C=O) groups excluding carboxylic acids is 1. The molecule has 3 N–H and O–H groups in total. The third-order valence-electron chi connectivity index (χ3n) is 4.82. The van der Waals surface area contributed by atoms with E-state index in [-0.39, 0.29) is 35.6 Å². The Bertz CT molecular complexity index is 1020. The zero-order valence-electron chi connectivity index (χ0n) is 18.5. The fraction of sp³-hybridized carbons (Fsp3) is 0.250. The largest absolute Gasteiger partial charge is 0.496 e. The second kappa shape index (κ2) is 12.7. The van der Waals surface area contributed by atoms with E-state index in [4.69, 9.17) is 9.15 Å². The Labute approximate surface area is 205 Å². The molecule has 1 aromatic heterocycles. The van der Waals surface area contributed by atoms with Crippen LogP contribution in [0.1, 0.15) is 27.2 Å². The highest BCUT2D eigenvalue weighted by atomic mass is 127. The number of benzene rings is 2. The predicted octanol–water partition coefficient (Wildman–Crippen LogP) is 4.37. The fourth-order valence-corrected chi connectivity index (χ4v) is 3.06. The van der Waals surface area contributed by atoms with E-state index in [9.17, 15) is 4.79 Å². The molecule has 3 rings (SSSR count). The Morgan fingerprint density at radius 2 is 1.81 bits per heavy atom. The molecular weight excluding hydrogens is 519 g/mol. The maximum absolute atomic E-state index is 12.0. The van der Waals surface area contributed by atoms with E-state index in [1.54, 1.807) is 26.3 Å². The second-order valence-electron chi connectivity index (χ2n) is 7.03. The van der Waals surface area contributed by atoms with E-state index in [1.807, 2.05) is 31.2 Å². The van der Waals surface area contributed by atoms with Crippen LogP contribution >= 0.6 is 24.0 Å². The van der Waals surface area contributed by atoms with Crippen LogP contribution in [0.4, 0.5) is 5.69 Å². The number of aliphatic imine (C=N–C) groups is 1. The van der Waals surface area contributed by atoms with Gasteiger partial charge in [-0.1, -0.05) is 24.3 Å². The summed E-state index contributed by atoms with van der Waals surface area (Å²) in [6.07, 6.45) is 2.34. The Morgan fingerprint density at radius 1 is 1.06 bits per heavy atom. The van der Waals surface area contributed by atoms with Crippen LogP contribution in [0.2, 0.25) is 0 Å². The number of rotatable bonds is 8. The molecule has 0 bridgehead atoms. The van der Waals surface area contributed by atoms with Gasteiger partial charge in [0.2, 0.25) is 0 Å². The van der Waals surface area contributed by atoms with Crippen LogP contribution in [0.25, 0.3) is 0 Å². The highest BCUT2D eigenvalue weighted by Crippen LogP contribution is 2.19. The number of nitrogens with zero attached hydrogens (tertiary/aromatic N) is 1. The van der Waals surface area contributed by atoms with E-state index >= 15 is 0 Å². The monoisotopic (exact) mass is 548 g/mol. The van der Waals surface area contributed by atoms with Gasteiger partial charge >= 0.3 is 0 Å². The van der Waals surface area contributed by atoms with Gasteiger partial charge in [-0.25, -0.2) is 0 Å². The van der Waals surface area contributed by atoms with Crippen LogP contribution in [0, 0.1) is 6.92 Å². The van der Waals surface area contributed by atoms with Crippen LogP contribution in [0.5, 0.6) is 5.75 Å². The number of anilines is 1. The highest BCUT2D eigenvalue weighted by Gasteiger charge is 2.08. The summed E-state index contributed by atoms with van der Waals surface area (Å²) < 4.78 is 10.5. The number of halogens is 1. The lowest BCUT2D eigenvalue weighted by Gasteiger charge is -2.13. The first-order valence-corrected chi connectivity index (χ1v) is 10.1. The maximum Gasteiger partial charge on any atom is 0.291 e. The third-order valence-corrected chi connectivity index (χ3v) is 4.82. The van der Waals surface area contributed by atoms with Crippen LogP contribution in [0.15, 0.2) is 70.3 Å². The highest BCUT2D eigenvalue weighted by molar-refractivity contribution is 14.0. The molecule has 0 saturated heterocycles. The minimum Gasteiger partial charge on any atom is -0.496 e. The molecule has 8 heteroatoms. The van der Waals surface area contributed by atoms with Crippen molar-refractivity contribution < 1.29 is 13.9 Å². The molecule has 0 unspecified atom stereocenters. The van der Waals surface area contributed by atoms with Crippen molar-refractivity contribution in [3.05, 3.63) is 83.3 Å². The van der Waals surface area contributed by atoms with Crippen LogP contribution in [-0.2, 0) is 13.0 Å². The summed E-state index contributed by atoms with van der Waals surface area (Å²) in [5.74, 6) is 1.65. The van der Waals surface area contributed by atoms with Crippen LogP contribution in [-0.4, -0.2) is 32.6 Å². The molecule has 1 heterocycles. The Balaban J connectivity index is 0.00000363. The second-order valence-corrected chi connectivity index (χ2v) is 7.03. The Kier molecular flexibility index (Phi) is 10.1. The van der Waals surface area contributed by atoms with Gasteiger partial charge < -0.3 is 25.1 Å². The van der Waals surface area contributed by atoms with Gasteiger partial charge in [0.1, 0.15) is 5.75 Å². The lowest BCUT2D eigenvalue weighted by Crippen LogP contribution is -2.37. The number of aryl methyl sites for hydroxylation is 1. The van der Waals surface area contributed by atoms with Gasteiger partial charge in [0, 0.05) is 25.8 Å². The van der Waals surface area contributed by atoms with Gasteiger partial charge in [0.05, 0.1) is 13.4 Å². The standard InChI is InChI=1S/C24H28N4O3.HI/c1-17-6-7-18(15-22(17)30-3)12-13-26-24(25-2)27-16-19-8-10-20(11-9-19)28-23(29)21-5-4-14-31-21;/h4-11,14-15H,12-13,16H2,1-3H3,(H,28,29)(H2,25,26,27);1H. The number of carbonyl (C=O) groups is 1. The molecule has 0 spiro atoms. The summed E-state index contributed by atoms with van der Waals surface area (Å²) in [4.78, 5) is 16.3. The van der Waals surface area contributed by atoms with Crippen molar-refractivity contribution in [1.82, 2.24) is 10.6 Å². The molecule has 7 nitrogen and oxygen atoms in total. The number of amides is 1. The van der Waals surface area contributed by atoms with Gasteiger partial charge in [0.15, 0.2) is 11.7 Å². The number of furan rings is 1. The van der Waals surface area contributed by atoms with Gasteiger partial charge in [-0.05, 0) is 60.4 Å². The minimum atomic E-state index is -0.272. The number of ether oxygens (including phenoxy) is 1. The summed E-state index contributed by atoms with van der Waals surface area (Å²) in [6.45, 7) is 3.40. The summed E-state index contributed by atoms with van der Waals surface area (Å²) in [6, 6.07) is 17.2. The number of methoxy groups -OCH3 is 1. The molecule has 0 radical (unpaired) electrons. The zero-order valence-corrected chi connectivity index (χ0v) is 20.8. The molecule has 170 valence electrons. The van der Waals surface area contributed by atoms with E-state index in [0.717, 1.165) is 35.8 Å². The SMILES string of the molecule is CN=C(NCCc1ccc(C)c(OC)c1)NCc1ccc(NC(=O)c2ccco2)cc1.I. The first kappa shape index (κ1) is 25.3. The Hall–Kier alpha value is -3.01. The summed E-state index contributed by atoms with van der Waals surface area (Å²) in [5.41, 5.74) is 4.12. The van der Waals surface area contributed by atoms with E-state index in [1.165, 1.54) is 11.8 Å². The van der Waals surface area contributed by atoms with Crippen molar-refractivity contribution in [2.45, 2.75) is 19.9 Å². The maximum atomic E-state index is 12.0. The molecule has 0 aliphatic carbocycles. The molecule has 2 aromatic carbocycles. The quantitative estimate of drug-likeness (QED) is 0.221. The zero-order chi connectivity index (χ0) is 22.1. The lowest BCUT2D eigenvalue weighted by molar-refractivity contribution is 0.0996. The van der Waals surface area contributed by atoms with Gasteiger partial charge in [-0.2, -0.15) is 0 Å². The van der Waals surface area contributed by atoms with Gasteiger partial charge in [-0.15, -0.1) is 24.0 Å². The number of guanidine groups is 1. The predicted molar refractivity (Wildman–Crippen MR) is 138 cm³/mol. The lowest BCUT2D eigenvalue weighted by atomic mass is 10.1. The fourth-order valence-electron chi connectivity index (χ4n) is 3.06. The van der Waals surface area contributed by atoms with E-state index in [0.29, 0.717) is 12.2 Å². The molecule has 3 aromatic rings. The molecule has 0 saturated carbocycles. The minimum absolute atomic E-state index is 0. The molecule has 0 fully saturated rings. The van der Waals surface area contributed by atoms with Gasteiger partial charge in [-0.3, -0.25) is 9.79 Å². The van der Waals surface area contributed by atoms with E-state index < -0.39 is 0 Å². The molecule has 1 amide bonds. The average Bonchev–Trinajstić information content (AvgIpc) is 3.33. The van der Waals surface area contributed by atoms with Crippen molar-refractivity contribution in [3.8, 4) is 5.75 Å². The third kappa shape index (κ3) is 7.30. The normalized spacial score (nSPS) is 10.8. The first-order valence-electron chi connectivity index (χ1n) is 10.1. The van der Waals surface area contributed by atoms with Crippen molar-refractivity contribution in [1.29, 1.82) is 0 Å². The van der Waals surface area contributed by atoms with Gasteiger partial charge in [0.25, 0.3) is 5.91 Å². The van der Waals surface area contributed by atoms with Crippen molar-refractivity contribution in [2.75, 3.05) is 26.0 Å². The van der Waals surface area contributed by atoms with E-state index in [2.05, 4.69) is 39.1 Å². The molecule has 0 atom stereocenters. The number of hydrogen-bond donors (Lipinski definition) is 3. The smallest absolute Gasteiger partial charge is 0.291 e. The number of hydrogen-bond acceptors (Lipinski definition) is 4. The summed E-state index contributed by atoms with van der Waals surface area (Å²) in [7, 11) is 3.44. The number of nitrogens with one attached hydrogen (secondary N) is 3. The molecule has 32 heavy (non-hydrogen) atoms. The average molecular weight is 548 g/mol. The Morgan fingerprint density at radius 3 is 2.47 bits per heavy atom. The van der Waals surface area contributed by atoms with Crippen LogP contribution in [0.3, 0.4) is 0 Å². The van der Waals surface area contributed by atoms with Crippen molar-refractivity contribution >= 4 is 41.5 Å².